The standard InChI is InChI=1S/C12H15FN4O/c13-8-1-2-10-11(5-8)16-12(15-10)17-3-4-18-9(6-14)7-17/h1-2,5,9H,3-4,6-7,14H2,(H,15,16). The molecule has 5 nitrogen and oxygen atoms in total. The molecule has 0 radical (unpaired) electrons. The monoisotopic (exact) mass is 250 g/mol. The van der Waals surface area contributed by atoms with Crippen LogP contribution in [0.25, 0.3) is 11.0 Å². The molecule has 1 unspecified atom stereocenters. The van der Waals surface area contributed by atoms with Gasteiger partial charge in [-0.3, -0.25) is 0 Å². The van der Waals surface area contributed by atoms with Crippen LogP contribution >= 0.6 is 0 Å². The van der Waals surface area contributed by atoms with Crippen molar-refractivity contribution in [3.05, 3.63) is 24.0 Å². The van der Waals surface area contributed by atoms with Crippen molar-refractivity contribution >= 4 is 17.0 Å². The highest BCUT2D eigenvalue weighted by Crippen LogP contribution is 2.20. The van der Waals surface area contributed by atoms with Crippen LogP contribution in [0.5, 0.6) is 0 Å². The number of H-pyrrole nitrogens is 1. The van der Waals surface area contributed by atoms with Crippen molar-refractivity contribution in [3.63, 3.8) is 0 Å². The molecule has 0 spiro atoms. The fourth-order valence-corrected chi connectivity index (χ4v) is 2.17. The van der Waals surface area contributed by atoms with Crippen molar-refractivity contribution in [2.24, 2.45) is 5.73 Å². The van der Waals surface area contributed by atoms with Gasteiger partial charge in [-0.1, -0.05) is 0 Å². The van der Waals surface area contributed by atoms with Gasteiger partial charge in [-0.15, -0.1) is 0 Å². The van der Waals surface area contributed by atoms with E-state index in [9.17, 15) is 4.39 Å². The van der Waals surface area contributed by atoms with Crippen molar-refractivity contribution in [2.75, 3.05) is 31.1 Å². The van der Waals surface area contributed by atoms with Gasteiger partial charge < -0.3 is 20.4 Å². The van der Waals surface area contributed by atoms with Crippen molar-refractivity contribution < 1.29 is 9.13 Å². The SMILES string of the molecule is NCC1CN(c2nc3ccc(F)cc3[nH]2)CCO1. The topological polar surface area (TPSA) is 67.2 Å². The zero-order chi connectivity index (χ0) is 12.5. The summed E-state index contributed by atoms with van der Waals surface area (Å²) in [5.41, 5.74) is 7.08. The molecule has 1 saturated heterocycles. The largest absolute Gasteiger partial charge is 0.373 e. The normalized spacial score (nSPS) is 20.6. The summed E-state index contributed by atoms with van der Waals surface area (Å²) >= 11 is 0. The number of aromatic amines is 1. The van der Waals surface area contributed by atoms with Gasteiger partial charge in [-0.25, -0.2) is 9.37 Å². The lowest BCUT2D eigenvalue weighted by Gasteiger charge is -2.31. The summed E-state index contributed by atoms with van der Waals surface area (Å²) < 4.78 is 18.6. The van der Waals surface area contributed by atoms with E-state index >= 15 is 0 Å². The highest BCUT2D eigenvalue weighted by atomic mass is 19.1. The number of nitrogens with zero attached hydrogens (tertiary/aromatic N) is 2. The van der Waals surface area contributed by atoms with E-state index in [1.54, 1.807) is 6.07 Å². The lowest BCUT2D eigenvalue weighted by Crippen LogP contribution is -2.46. The van der Waals surface area contributed by atoms with E-state index in [2.05, 4.69) is 14.9 Å². The van der Waals surface area contributed by atoms with Crippen LogP contribution in [0.2, 0.25) is 0 Å². The molecule has 1 atom stereocenters. The number of hydrogen-bond donors (Lipinski definition) is 2. The first-order valence-electron chi connectivity index (χ1n) is 5.98. The average Bonchev–Trinajstić information content (AvgIpc) is 2.81. The molecule has 1 aromatic heterocycles. The van der Waals surface area contributed by atoms with Crippen molar-refractivity contribution in [2.45, 2.75) is 6.10 Å². The van der Waals surface area contributed by atoms with E-state index in [1.807, 2.05) is 0 Å². The number of nitrogens with one attached hydrogen (secondary N) is 1. The zero-order valence-corrected chi connectivity index (χ0v) is 9.90. The fourth-order valence-electron chi connectivity index (χ4n) is 2.17. The number of rotatable bonds is 2. The predicted molar refractivity (Wildman–Crippen MR) is 67.1 cm³/mol. The number of ether oxygens (including phenoxy) is 1. The Kier molecular flexibility index (Phi) is 2.89. The second kappa shape index (κ2) is 4.55. The Bertz CT molecular complexity index is 556. The van der Waals surface area contributed by atoms with E-state index < -0.39 is 0 Å². The molecule has 1 fully saturated rings. The lowest BCUT2D eigenvalue weighted by molar-refractivity contribution is 0.0461. The van der Waals surface area contributed by atoms with Crippen LogP contribution in [0.15, 0.2) is 18.2 Å². The van der Waals surface area contributed by atoms with E-state index in [0.717, 1.165) is 18.0 Å². The Morgan fingerprint density at radius 1 is 1.56 bits per heavy atom. The van der Waals surface area contributed by atoms with Crippen LogP contribution in [-0.4, -0.2) is 42.3 Å². The Morgan fingerprint density at radius 3 is 3.28 bits per heavy atom. The molecule has 1 aromatic carbocycles. The first-order chi connectivity index (χ1) is 8.76. The van der Waals surface area contributed by atoms with Crippen LogP contribution in [0.3, 0.4) is 0 Å². The number of fused-ring (bicyclic) bond motifs is 1. The van der Waals surface area contributed by atoms with Gasteiger partial charge in [-0.2, -0.15) is 0 Å². The molecule has 1 aliphatic heterocycles. The minimum Gasteiger partial charge on any atom is -0.373 e. The number of imidazole rings is 1. The number of hydrogen-bond acceptors (Lipinski definition) is 4. The van der Waals surface area contributed by atoms with Crippen molar-refractivity contribution in [1.82, 2.24) is 9.97 Å². The Balaban J connectivity index is 1.89. The van der Waals surface area contributed by atoms with Gasteiger partial charge in [0.15, 0.2) is 0 Å². The molecule has 0 bridgehead atoms. The molecule has 96 valence electrons. The number of aromatic nitrogens is 2. The lowest BCUT2D eigenvalue weighted by atomic mass is 10.3. The van der Waals surface area contributed by atoms with E-state index in [-0.39, 0.29) is 11.9 Å². The Hall–Kier alpha value is -1.66. The summed E-state index contributed by atoms with van der Waals surface area (Å²) in [5.74, 6) is 0.483. The molecule has 2 heterocycles. The third-order valence-electron chi connectivity index (χ3n) is 3.13. The van der Waals surface area contributed by atoms with Crippen LogP contribution in [0.4, 0.5) is 10.3 Å². The number of anilines is 1. The van der Waals surface area contributed by atoms with E-state index in [4.69, 9.17) is 10.5 Å². The molecule has 2 aromatic rings. The number of nitrogens with two attached hydrogens (primary N) is 1. The van der Waals surface area contributed by atoms with Gasteiger partial charge in [0.25, 0.3) is 0 Å². The van der Waals surface area contributed by atoms with Gasteiger partial charge in [0.1, 0.15) is 5.82 Å². The minimum atomic E-state index is -0.264. The third-order valence-corrected chi connectivity index (χ3v) is 3.13. The smallest absolute Gasteiger partial charge is 0.204 e. The second-order valence-corrected chi connectivity index (χ2v) is 4.40. The molecule has 18 heavy (non-hydrogen) atoms. The molecule has 6 heteroatoms. The summed E-state index contributed by atoms with van der Waals surface area (Å²) in [5, 5.41) is 0. The van der Waals surface area contributed by atoms with Crippen LogP contribution in [0.1, 0.15) is 0 Å². The summed E-state index contributed by atoms with van der Waals surface area (Å²) in [6.07, 6.45) is 0.0312. The predicted octanol–water partition coefficient (Wildman–Crippen LogP) is 0.866. The maximum Gasteiger partial charge on any atom is 0.204 e. The van der Waals surface area contributed by atoms with E-state index in [0.29, 0.717) is 25.2 Å². The maximum atomic E-state index is 13.1. The Morgan fingerprint density at radius 2 is 2.44 bits per heavy atom. The molecular weight excluding hydrogens is 235 g/mol. The fraction of sp³-hybridized carbons (Fsp3) is 0.417. The molecule has 0 amide bonds. The highest BCUT2D eigenvalue weighted by Gasteiger charge is 2.21. The Labute approximate surface area is 104 Å². The summed E-state index contributed by atoms with van der Waals surface area (Å²) in [7, 11) is 0. The minimum absolute atomic E-state index is 0.0312. The molecule has 3 rings (SSSR count). The van der Waals surface area contributed by atoms with Crippen molar-refractivity contribution in [3.8, 4) is 0 Å². The van der Waals surface area contributed by atoms with Crippen LogP contribution in [0, 0.1) is 5.82 Å². The highest BCUT2D eigenvalue weighted by molar-refractivity contribution is 5.77. The second-order valence-electron chi connectivity index (χ2n) is 4.40. The van der Waals surface area contributed by atoms with Crippen LogP contribution in [-0.2, 0) is 4.74 Å². The quantitative estimate of drug-likeness (QED) is 0.829. The first-order valence-corrected chi connectivity index (χ1v) is 5.98. The van der Waals surface area contributed by atoms with E-state index in [1.165, 1.54) is 12.1 Å². The third kappa shape index (κ3) is 2.04. The number of halogens is 1. The summed E-state index contributed by atoms with van der Waals surface area (Å²) in [6, 6.07) is 4.53. The van der Waals surface area contributed by atoms with Gasteiger partial charge in [-0.05, 0) is 18.2 Å². The zero-order valence-electron chi connectivity index (χ0n) is 9.90. The van der Waals surface area contributed by atoms with Gasteiger partial charge >= 0.3 is 0 Å². The number of morpholine rings is 1. The number of benzene rings is 1. The van der Waals surface area contributed by atoms with Crippen molar-refractivity contribution in [1.29, 1.82) is 0 Å². The summed E-state index contributed by atoms with van der Waals surface area (Å²) in [4.78, 5) is 9.67. The van der Waals surface area contributed by atoms with Crippen LogP contribution < -0.4 is 10.6 Å². The molecule has 3 N–H and O–H groups in total. The molecule has 0 aliphatic carbocycles. The summed E-state index contributed by atoms with van der Waals surface area (Å²) in [6.45, 7) is 2.59. The molecule has 1 aliphatic rings. The first kappa shape index (κ1) is 11.4. The van der Waals surface area contributed by atoms with Gasteiger partial charge in [0.05, 0.1) is 23.7 Å². The van der Waals surface area contributed by atoms with Gasteiger partial charge in [0, 0.05) is 19.6 Å². The molecule has 0 saturated carbocycles. The maximum absolute atomic E-state index is 13.1. The molecular formula is C12H15FN4O. The average molecular weight is 250 g/mol. The van der Waals surface area contributed by atoms with Gasteiger partial charge in [0.2, 0.25) is 5.95 Å².